The van der Waals surface area contributed by atoms with Crippen LogP contribution in [0.2, 0.25) is 0 Å². The van der Waals surface area contributed by atoms with Gasteiger partial charge in [0.15, 0.2) is 0 Å². The molecule has 0 atom stereocenters. The van der Waals surface area contributed by atoms with E-state index in [0.29, 0.717) is 0 Å². The topological polar surface area (TPSA) is 0 Å². The zero-order valence-electron chi connectivity index (χ0n) is 10.9. The highest BCUT2D eigenvalue weighted by Crippen LogP contribution is 2.26. The monoisotopic (exact) mass is 210 g/mol. The van der Waals surface area contributed by atoms with Gasteiger partial charge in [0.25, 0.3) is 0 Å². The van der Waals surface area contributed by atoms with Crippen LogP contribution in [0.5, 0.6) is 0 Å². The molecular weight excluding hydrogens is 180 g/mol. The highest BCUT2D eigenvalue weighted by atomic mass is 14.2. The molecule has 0 unspecified atom stereocenters. The van der Waals surface area contributed by atoms with Crippen LogP contribution in [0, 0.1) is 11.8 Å². The van der Waals surface area contributed by atoms with E-state index in [1.54, 1.807) is 0 Å². The third kappa shape index (κ3) is 5.58. The lowest BCUT2D eigenvalue weighted by atomic mass is 9.88. The van der Waals surface area contributed by atoms with Crippen molar-refractivity contribution < 1.29 is 0 Å². The molecule has 0 bridgehead atoms. The summed E-state index contributed by atoms with van der Waals surface area (Å²) in [6.07, 6.45) is 16.4. The third-order valence-corrected chi connectivity index (χ3v) is 4.35. The fourth-order valence-electron chi connectivity index (χ4n) is 3.01. The van der Waals surface area contributed by atoms with E-state index in [4.69, 9.17) is 0 Å². The molecule has 2 saturated carbocycles. The molecule has 15 heavy (non-hydrogen) atoms. The molecule has 2 aliphatic carbocycles. The van der Waals surface area contributed by atoms with Crippen LogP contribution in [0.1, 0.15) is 84.5 Å². The minimum absolute atomic E-state index is 1.09. The third-order valence-electron chi connectivity index (χ3n) is 4.35. The second-order valence-electron chi connectivity index (χ2n) is 5.47. The largest absolute Gasteiger partial charge is 0.0651 e. The molecule has 0 amide bonds. The van der Waals surface area contributed by atoms with Gasteiger partial charge in [-0.15, -0.1) is 0 Å². The van der Waals surface area contributed by atoms with E-state index in [1.807, 2.05) is 0 Å². The molecule has 90 valence electrons. The van der Waals surface area contributed by atoms with Crippen LogP contribution >= 0.6 is 0 Å². The predicted molar refractivity (Wildman–Crippen MR) is 69.1 cm³/mol. The average Bonchev–Trinajstić information content (AvgIpc) is 2.84. The number of rotatable bonds is 2. The van der Waals surface area contributed by atoms with E-state index in [1.165, 1.54) is 70.6 Å². The van der Waals surface area contributed by atoms with Gasteiger partial charge in [0.2, 0.25) is 0 Å². The van der Waals surface area contributed by atoms with Crippen LogP contribution in [0.25, 0.3) is 0 Å². The lowest BCUT2D eigenvalue weighted by Gasteiger charge is -2.18. The Balaban J connectivity index is 0.000000151. The normalized spacial score (nSPS) is 23.6. The van der Waals surface area contributed by atoms with Crippen molar-refractivity contribution in [3.05, 3.63) is 0 Å². The molecule has 0 heteroatoms. The van der Waals surface area contributed by atoms with Gasteiger partial charge in [0, 0.05) is 0 Å². The summed E-state index contributed by atoms with van der Waals surface area (Å²) < 4.78 is 0. The van der Waals surface area contributed by atoms with Crippen molar-refractivity contribution >= 4 is 0 Å². The van der Waals surface area contributed by atoms with Crippen LogP contribution in [0.4, 0.5) is 0 Å². The Morgan fingerprint density at radius 3 is 1.20 bits per heavy atom. The zero-order valence-corrected chi connectivity index (χ0v) is 10.9. The molecular formula is C15H30. The van der Waals surface area contributed by atoms with Crippen molar-refractivity contribution in [3.8, 4) is 0 Å². The van der Waals surface area contributed by atoms with Gasteiger partial charge in [-0.3, -0.25) is 0 Å². The van der Waals surface area contributed by atoms with Gasteiger partial charge in [0.05, 0.1) is 0 Å². The summed E-state index contributed by atoms with van der Waals surface area (Å²) in [5.41, 5.74) is 0. The molecule has 0 heterocycles. The maximum Gasteiger partial charge on any atom is -0.0417 e. The molecule has 0 nitrogen and oxygen atoms in total. The van der Waals surface area contributed by atoms with Crippen molar-refractivity contribution in [2.75, 3.05) is 0 Å². The van der Waals surface area contributed by atoms with Gasteiger partial charge in [-0.25, -0.2) is 0 Å². The molecule has 0 aliphatic heterocycles. The van der Waals surface area contributed by atoms with Crippen LogP contribution in [-0.2, 0) is 0 Å². The van der Waals surface area contributed by atoms with Gasteiger partial charge in [0.1, 0.15) is 0 Å². The molecule has 0 aromatic carbocycles. The average molecular weight is 210 g/mol. The fraction of sp³-hybridized carbons (Fsp3) is 1.00. The van der Waals surface area contributed by atoms with E-state index in [-0.39, 0.29) is 0 Å². The Labute approximate surface area is 96.8 Å². The lowest BCUT2D eigenvalue weighted by molar-refractivity contribution is 0.349. The van der Waals surface area contributed by atoms with Gasteiger partial charge in [-0.1, -0.05) is 84.5 Å². The van der Waals surface area contributed by atoms with Crippen LogP contribution < -0.4 is 0 Å². The first-order valence-electron chi connectivity index (χ1n) is 7.36. The van der Waals surface area contributed by atoms with Gasteiger partial charge >= 0.3 is 0 Å². The number of hydrogen-bond donors (Lipinski definition) is 0. The van der Waals surface area contributed by atoms with Crippen molar-refractivity contribution in [1.29, 1.82) is 0 Å². The van der Waals surface area contributed by atoms with Gasteiger partial charge in [-0.05, 0) is 11.8 Å². The summed E-state index contributed by atoms with van der Waals surface area (Å²) in [6, 6.07) is 0. The van der Waals surface area contributed by atoms with Crippen molar-refractivity contribution in [1.82, 2.24) is 0 Å². The van der Waals surface area contributed by atoms with Crippen molar-refractivity contribution in [2.45, 2.75) is 84.5 Å². The van der Waals surface area contributed by atoms with E-state index < -0.39 is 0 Å². The van der Waals surface area contributed by atoms with Gasteiger partial charge in [-0.2, -0.15) is 0 Å². The summed E-state index contributed by atoms with van der Waals surface area (Å²) in [5, 5.41) is 0. The fourth-order valence-corrected chi connectivity index (χ4v) is 3.01. The minimum atomic E-state index is 1.09. The van der Waals surface area contributed by atoms with E-state index in [9.17, 15) is 0 Å². The van der Waals surface area contributed by atoms with Crippen molar-refractivity contribution in [2.24, 2.45) is 11.8 Å². The quantitative estimate of drug-likeness (QED) is 0.559. The maximum absolute atomic E-state index is 2.32. The smallest absolute Gasteiger partial charge is 0.0417 e. The number of hydrogen-bond acceptors (Lipinski definition) is 0. The van der Waals surface area contributed by atoms with Crippen LogP contribution in [-0.4, -0.2) is 0 Å². The second-order valence-corrected chi connectivity index (χ2v) is 5.47. The Hall–Kier alpha value is 0. The highest BCUT2D eigenvalue weighted by Gasteiger charge is 2.11. The summed E-state index contributed by atoms with van der Waals surface area (Å²) in [6.45, 7) is 4.62. The van der Waals surface area contributed by atoms with Gasteiger partial charge < -0.3 is 0 Å². The Kier molecular flexibility index (Phi) is 7.13. The second kappa shape index (κ2) is 8.19. The molecule has 0 aromatic rings. The van der Waals surface area contributed by atoms with E-state index in [0.717, 1.165) is 11.8 Å². The molecule has 0 N–H and O–H groups in total. The first-order chi connectivity index (χ1) is 7.36. The minimum Gasteiger partial charge on any atom is -0.0651 e. The first-order valence-corrected chi connectivity index (χ1v) is 7.36. The molecule has 0 spiro atoms. The lowest BCUT2D eigenvalue weighted by Crippen LogP contribution is -2.03. The standard InChI is InChI=1S/C8H16.C7H14/c1-2-8-6-4-3-5-7-8;1-2-7-5-3-4-6-7/h8H,2-7H2,1H3;7H,2-6H2,1H3. The Morgan fingerprint density at radius 1 is 0.600 bits per heavy atom. The molecule has 0 saturated heterocycles. The summed E-state index contributed by atoms with van der Waals surface area (Å²) in [7, 11) is 0. The Morgan fingerprint density at radius 2 is 0.933 bits per heavy atom. The van der Waals surface area contributed by atoms with E-state index >= 15 is 0 Å². The Bertz CT molecular complexity index is 127. The highest BCUT2D eigenvalue weighted by molar-refractivity contribution is 4.64. The van der Waals surface area contributed by atoms with Crippen LogP contribution in [0.15, 0.2) is 0 Å². The predicted octanol–water partition coefficient (Wildman–Crippen LogP) is 5.56. The molecule has 2 aliphatic rings. The summed E-state index contributed by atoms with van der Waals surface area (Å²) in [4.78, 5) is 0. The van der Waals surface area contributed by atoms with E-state index in [2.05, 4.69) is 13.8 Å². The molecule has 2 rings (SSSR count). The zero-order chi connectivity index (χ0) is 10.9. The summed E-state index contributed by atoms with van der Waals surface area (Å²) in [5.74, 6) is 2.18. The molecule has 2 fully saturated rings. The first kappa shape index (κ1) is 13.1. The van der Waals surface area contributed by atoms with Crippen molar-refractivity contribution in [3.63, 3.8) is 0 Å². The maximum atomic E-state index is 2.32. The SMILES string of the molecule is CCC1CCCC1.CCC1CCCCC1. The molecule has 0 aromatic heterocycles. The molecule has 0 radical (unpaired) electrons. The summed E-state index contributed by atoms with van der Waals surface area (Å²) >= 11 is 0. The van der Waals surface area contributed by atoms with Crippen LogP contribution in [0.3, 0.4) is 0 Å².